The van der Waals surface area contributed by atoms with E-state index >= 15 is 0 Å². The third-order valence-corrected chi connectivity index (χ3v) is 4.22. The molecule has 5 nitrogen and oxygen atoms in total. The van der Waals surface area contributed by atoms with Gasteiger partial charge in [0.25, 0.3) is 5.91 Å². The van der Waals surface area contributed by atoms with Gasteiger partial charge in [0.05, 0.1) is 6.07 Å². The monoisotopic (exact) mass is 299 g/mol. The Kier molecular flexibility index (Phi) is 4.51. The topological polar surface area (TPSA) is 73.2 Å². The van der Waals surface area contributed by atoms with E-state index in [2.05, 4.69) is 5.32 Å². The zero-order valence-electron chi connectivity index (χ0n) is 13.3. The fraction of sp³-hybridized carbons (Fsp3) is 0.471. The average Bonchev–Trinajstić information content (AvgIpc) is 2.72. The Morgan fingerprint density at radius 1 is 1.32 bits per heavy atom. The van der Waals surface area contributed by atoms with Crippen LogP contribution in [0.3, 0.4) is 0 Å². The second-order valence-corrected chi connectivity index (χ2v) is 5.73. The van der Waals surface area contributed by atoms with Crippen LogP contribution in [0.2, 0.25) is 0 Å². The van der Waals surface area contributed by atoms with Crippen LogP contribution in [-0.4, -0.2) is 23.4 Å². The number of hydrogen-bond donors (Lipinski definition) is 1. The van der Waals surface area contributed by atoms with Gasteiger partial charge in [-0.25, -0.2) is 4.79 Å². The Balaban J connectivity index is 2.37. The van der Waals surface area contributed by atoms with Gasteiger partial charge in [0.2, 0.25) is 0 Å². The van der Waals surface area contributed by atoms with Crippen LogP contribution >= 0.6 is 0 Å². The Hall–Kier alpha value is -2.35. The van der Waals surface area contributed by atoms with Crippen LogP contribution in [0.1, 0.15) is 42.9 Å². The van der Waals surface area contributed by atoms with Gasteiger partial charge in [-0.1, -0.05) is 30.7 Å². The van der Waals surface area contributed by atoms with E-state index in [-0.39, 0.29) is 18.5 Å². The summed E-state index contributed by atoms with van der Waals surface area (Å²) in [4.78, 5) is 26.3. The summed E-state index contributed by atoms with van der Waals surface area (Å²) >= 11 is 0. The predicted molar refractivity (Wildman–Crippen MR) is 83.0 cm³/mol. The number of carbonyl (C=O) groups excluding carboxylic acids is 2. The van der Waals surface area contributed by atoms with E-state index < -0.39 is 5.54 Å². The molecular weight excluding hydrogens is 278 g/mol. The average molecular weight is 299 g/mol. The normalized spacial score (nSPS) is 20.9. The van der Waals surface area contributed by atoms with Crippen LogP contribution in [0.15, 0.2) is 18.2 Å². The molecule has 1 N–H and O–H groups in total. The van der Waals surface area contributed by atoms with Crippen molar-refractivity contribution in [1.29, 1.82) is 5.26 Å². The smallest absolute Gasteiger partial charge is 0.319 e. The number of benzene rings is 1. The van der Waals surface area contributed by atoms with Crippen LogP contribution in [0.5, 0.6) is 0 Å². The fourth-order valence-corrected chi connectivity index (χ4v) is 3.05. The summed E-state index contributed by atoms with van der Waals surface area (Å²) in [5.74, 6) is -0.218. The number of hydrogen-bond acceptors (Lipinski definition) is 3. The highest BCUT2D eigenvalue weighted by Crippen LogP contribution is 2.34. The number of nitrogens with zero attached hydrogens (tertiary/aromatic N) is 2. The molecule has 1 aliphatic rings. The summed E-state index contributed by atoms with van der Waals surface area (Å²) in [7, 11) is 0. The molecule has 1 aromatic carbocycles. The molecule has 1 unspecified atom stereocenters. The van der Waals surface area contributed by atoms with Gasteiger partial charge in [0, 0.05) is 13.0 Å². The Morgan fingerprint density at radius 3 is 2.64 bits per heavy atom. The summed E-state index contributed by atoms with van der Waals surface area (Å²) in [6.45, 7) is 6.14. The highest BCUT2D eigenvalue weighted by molar-refractivity contribution is 6.07. The van der Waals surface area contributed by atoms with Crippen molar-refractivity contribution >= 4 is 11.9 Å². The quantitative estimate of drug-likeness (QED) is 0.671. The van der Waals surface area contributed by atoms with E-state index in [1.165, 1.54) is 4.90 Å². The zero-order chi connectivity index (χ0) is 16.3. The van der Waals surface area contributed by atoms with Gasteiger partial charge >= 0.3 is 6.03 Å². The number of amides is 3. The Labute approximate surface area is 130 Å². The first-order valence-corrected chi connectivity index (χ1v) is 7.55. The molecule has 1 heterocycles. The van der Waals surface area contributed by atoms with E-state index in [0.29, 0.717) is 19.3 Å². The lowest BCUT2D eigenvalue weighted by Gasteiger charge is -2.27. The molecule has 0 aromatic heterocycles. The molecule has 0 radical (unpaired) electrons. The van der Waals surface area contributed by atoms with E-state index in [4.69, 9.17) is 5.26 Å². The molecule has 0 bridgehead atoms. The van der Waals surface area contributed by atoms with Gasteiger partial charge in [-0.3, -0.25) is 9.69 Å². The molecule has 1 aliphatic heterocycles. The van der Waals surface area contributed by atoms with Crippen molar-refractivity contribution in [3.05, 3.63) is 34.9 Å². The number of urea groups is 1. The Bertz CT molecular complexity index is 648. The third kappa shape index (κ3) is 2.57. The maximum absolute atomic E-state index is 12.9. The van der Waals surface area contributed by atoms with Gasteiger partial charge in [-0.2, -0.15) is 5.26 Å². The van der Waals surface area contributed by atoms with Gasteiger partial charge in [-0.15, -0.1) is 0 Å². The molecule has 116 valence electrons. The number of nitrogens with one attached hydrogen (secondary N) is 1. The zero-order valence-corrected chi connectivity index (χ0v) is 13.3. The minimum Gasteiger partial charge on any atom is -0.319 e. The molecule has 1 fully saturated rings. The first-order valence-electron chi connectivity index (χ1n) is 7.55. The van der Waals surface area contributed by atoms with Crippen molar-refractivity contribution in [2.24, 2.45) is 0 Å². The number of imide groups is 1. The van der Waals surface area contributed by atoms with E-state index in [9.17, 15) is 9.59 Å². The molecule has 1 saturated heterocycles. The van der Waals surface area contributed by atoms with Gasteiger partial charge in [0.15, 0.2) is 0 Å². The van der Waals surface area contributed by atoms with Crippen molar-refractivity contribution in [2.45, 2.75) is 45.6 Å². The van der Waals surface area contributed by atoms with Gasteiger partial charge in [0.1, 0.15) is 5.54 Å². The number of unbranched alkanes of at least 4 members (excludes halogenated alkanes) is 1. The molecule has 1 atom stereocenters. The van der Waals surface area contributed by atoms with Crippen molar-refractivity contribution in [1.82, 2.24) is 10.2 Å². The fourth-order valence-electron chi connectivity index (χ4n) is 3.05. The van der Waals surface area contributed by atoms with Gasteiger partial charge < -0.3 is 5.32 Å². The molecular formula is C17H21N3O2. The minimum atomic E-state index is -0.985. The van der Waals surface area contributed by atoms with Crippen molar-refractivity contribution in [2.75, 3.05) is 6.54 Å². The molecule has 0 spiro atoms. The molecule has 5 heteroatoms. The number of rotatable bonds is 5. The lowest BCUT2D eigenvalue weighted by Crippen LogP contribution is -2.44. The second kappa shape index (κ2) is 6.18. The van der Waals surface area contributed by atoms with Crippen molar-refractivity contribution < 1.29 is 9.59 Å². The third-order valence-electron chi connectivity index (χ3n) is 4.22. The number of aryl methyl sites for hydroxylation is 2. The first kappa shape index (κ1) is 16.0. The maximum atomic E-state index is 12.9. The SMILES string of the molecule is CCC1(c2ccc(C)cc2C)NC(=O)N(CCCC#N)C1=O. The molecule has 3 amide bonds. The standard InChI is InChI=1S/C17H21N3O2/c1-4-17(14-8-7-12(2)11-13(14)3)15(21)20(16(22)19-17)10-6-5-9-18/h7-8,11H,4-6,10H2,1-3H3,(H,19,22). The van der Waals surface area contributed by atoms with E-state index in [1.807, 2.05) is 45.0 Å². The largest absolute Gasteiger partial charge is 0.325 e. The molecule has 0 aliphatic carbocycles. The molecule has 22 heavy (non-hydrogen) atoms. The molecule has 1 aromatic rings. The summed E-state index contributed by atoms with van der Waals surface area (Å²) in [6.07, 6.45) is 1.33. The van der Waals surface area contributed by atoms with Crippen LogP contribution in [0, 0.1) is 25.2 Å². The van der Waals surface area contributed by atoms with Crippen molar-refractivity contribution in [3.8, 4) is 6.07 Å². The van der Waals surface area contributed by atoms with E-state index in [1.54, 1.807) is 0 Å². The second-order valence-electron chi connectivity index (χ2n) is 5.73. The van der Waals surface area contributed by atoms with Crippen LogP contribution < -0.4 is 5.32 Å². The van der Waals surface area contributed by atoms with Crippen LogP contribution in [0.4, 0.5) is 4.79 Å². The maximum Gasteiger partial charge on any atom is 0.325 e. The highest BCUT2D eigenvalue weighted by atomic mass is 16.2. The van der Waals surface area contributed by atoms with Crippen LogP contribution in [-0.2, 0) is 10.3 Å². The first-order chi connectivity index (χ1) is 10.5. The Morgan fingerprint density at radius 2 is 2.05 bits per heavy atom. The number of nitriles is 1. The highest BCUT2D eigenvalue weighted by Gasteiger charge is 2.51. The summed E-state index contributed by atoms with van der Waals surface area (Å²) < 4.78 is 0. The molecule has 2 rings (SSSR count). The van der Waals surface area contributed by atoms with Crippen LogP contribution in [0.25, 0.3) is 0 Å². The van der Waals surface area contributed by atoms with Gasteiger partial charge in [-0.05, 0) is 37.8 Å². The predicted octanol–water partition coefficient (Wildman–Crippen LogP) is 2.76. The lowest BCUT2D eigenvalue weighted by molar-refractivity contribution is -0.131. The lowest BCUT2D eigenvalue weighted by atomic mass is 9.84. The van der Waals surface area contributed by atoms with E-state index in [0.717, 1.165) is 16.7 Å². The number of carbonyl (C=O) groups is 2. The summed E-state index contributed by atoms with van der Waals surface area (Å²) in [6, 6.07) is 7.56. The summed E-state index contributed by atoms with van der Waals surface area (Å²) in [5, 5.41) is 11.5. The van der Waals surface area contributed by atoms with Crippen molar-refractivity contribution in [3.63, 3.8) is 0 Å². The molecule has 0 saturated carbocycles. The minimum absolute atomic E-state index is 0.218. The summed E-state index contributed by atoms with van der Waals surface area (Å²) in [5.41, 5.74) is 1.98.